The van der Waals surface area contributed by atoms with Crippen LogP contribution < -0.4 is 0 Å². The predicted octanol–water partition coefficient (Wildman–Crippen LogP) is 2.47. The van der Waals surface area contributed by atoms with Gasteiger partial charge in [0, 0.05) is 27.5 Å². The number of sulfone groups is 1. The first kappa shape index (κ1) is 15.3. The Balaban J connectivity index is 1.82. The second-order valence-electron chi connectivity index (χ2n) is 6.03. The molecule has 21 heavy (non-hydrogen) atoms. The maximum Gasteiger partial charge on any atom is 0.254 e. The molecule has 0 spiro atoms. The molecule has 0 radical (unpaired) electrons. The van der Waals surface area contributed by atoms with Crippen molar-refractivity contribution in [3.63, 3.8) is 0 Å². The summed E-state index contributed by atoms with van der Waals surface area (Å²) in [5, 5.41) is -0.282. The van der Waals surface area contributed by atoms with Crippen LogP contribution in [0.3, 0.4) is 0 Å². The van der Waals surface area contributed by atoms with Crippen LogP contribution in [0.2, 0.25) is 0 Å². The van der Waals surface area contributed by atoms with Gasteiger partial charge >= 0.3 is 0 Å². The second kappa shape index (κ2) is 5.53. The summed E-state index contributed by atoms with van der Waals surface area (Å²) in [5.74, 6) is 0.0471. The molecule has 6 heteroatoms. The van der Waals surface area contributed by atoms with E-state index in [2.05, 4.69) is 22.6 Å². The zero-order valence-corrected chi connectivity index (χ0v) is 14.8. The van der Waals surface area contributed by atoms with Crippen molar-refractivity contribution in [2.75, 3.05) is 6.26 Å². The molecule has 2 aliphatic rings. The molecule has 0 aliphatic carbocycles. The lowest BCUT2D eigenvalue weighted by molar-refractivity contribution is 0.0598. The molecule has 3 rings (SSSR count). The molecule has 1 amide bonds. The molecular formula is C15H18INO3S. The van der Waals surface area contributed by atoms with Gasteiger partial charge < -0.3 is 4.90 Å². The molecule has 4 nitrogen and oxygen atoms in total. The third-order valence-corrected chi connectivity index (χ3v) is 6.94. The van der Waals surface area contributed by atoms with Gasteiger partial charge in [-0.15, -0.1) is 0 Å². The molecule has 2 bridgehead atoms. The summed E-state index contributed by atoms with van der Waals surface area (Å²) in [6, 6.07) is 7.72. The Kier molecular flexibility index (Phi) is 4.02. The summed E-state index contributed by atoms with van der Waals surface area (Å²) >= 11 is 2.21. The van der Waals surface area contributed by atoms with Gasteiger partial charge in [-0.2, -0.15) is 0 Å². The van der Waals surface area contributed by atoms with Gasteiger partial charge in [0.1, 0.15) is 9.84 Å². The highest BCUT2D eigenvalue weighted by Crippen LogP contribution is 2.38. The van der Waals surface area contributed by atoms with E-state index in [0.29, 0.717) is 18.4 Å². The fraction of sp³-hybridized carbons (Fsp3) is 0.533. The van der Waals surface area contributed by atoms with Crippen LogP contribution in [0.15, 0.2) is 24.3 Å². The van der Waals surface area contributed by atoms with Crippen LogP contribution in [0.4, 0.5) is 0 Å². The molecule has 0 N–H and O–H groups in total. The Morgan fingerprint density at radius 1 is 1.14 bits per heavy atom. The van der Waals surface area contributed by atoms with Crippen molar-refractivity contribution in [2.45, 2.75) is 43.0 Å². The van der Waals surface area contributed by atoms with Gasteiger partial charge in [0.2, 0.25) is 0 Å². The highest BCUT2D eigenvalue weighted by molar-refractivity contribution is 14.1. The lowest BCUT2D eigenvalue weighted by Crippen LogP contribution is -2.49. The number of piperidine rings is 1. The molecule has 1 aromatic rings. The van der Waals surface area contributed by atoms with Crippen LogP contribution in [0.25, 0.3) is 0 Å². The summed E-state index contributed by atoms with van der Waals surface area (Å²) < 4.78 is 24.7. The van der Waals surface area contributed by atoms with Crippen LogP contribution in [0.1, 0.15) is 36.0 Å². The number of hydrogen-bond acceptors (Lipinski definition) is 3. The number of rotatable bonds is 2. The number of carbonyl (C=O) groups excluding carboxylic acids is 1. The molecule has 2 aliphatic heterocycles. The molecule has 114 valence electrons. The molecular weight excluding hydrogens is 401 g/mol. The third kappa shape index (κ3) is 2.97. The first-order valence-corrected chi connectivity index (χ1v) is 10.2. The number of halogens is 1. The first-order valence-electron chi connectivity index (χ1n) is 7.13. The summed E-state index contributed by atoms with van der Waals surface area (Å²) in [6.07, 6.45) is 4.34. The van der Waals surface area contributed by atoms with Crippen molar-refractivity contribution in [3.8, 4) is 0 Å². The Morgan fingerprint density at radius 2 is 1.67 bits per heavy atom. The van der Waals surface area contributed by atoms with E-state index in [1.54, 1.807) is 0 Å². The second-order valence-corrected chi connectivity index (χ2v) is 9.60. The summed E-state index contributed by atoms with van der Waals surface area (Å²) in [5.41, 5.74) is 0.699. The van der Waals surface area contributed by atoms with Crippen LogP contribution >= 0.6 is 22.6 Å². The van der Waals surface area contributed by atoms with Crippen molar-refractivity contribution < 1.29 is 13.2 Å². The van der Waals surface area contributed by atoms with Gasteiger partial charge in [0.25, 0.3) is 5.91 Å². The zero-order valence-electron chi connectivity index (χ0n) is 11.8. The van der Waals surface area contributed by atoms with E-state index in [-0.39, 0.29) is 23.2 Å². The lowest BCUT2D eigenvalue weighted by Gasteiger charge is -2.38. The van der Waals surface area contributed by atoms with E-state index in [4.69, 9.17) is 0 Å². The van der Waals surface area contributed by atoms with Gasteiger partial charge in [-0.1, -0.05) is 0 Å². The van der Waals surface area contributed by atoms with Crippen LogP contribution in [0.5, 0.6) is 0 Å². The molecule has 0 saturated carbocycles. The minimum atomic E-state index is -3.01. The van der Waals surface area contributed by atoms with Crippen molar-refractivity contribution >= 4 is 38.3 Å². The highest BCUT2D eigenvalue weighted by atomic mass is 127. The van der Waals surface area contributed by atoms with E-state index in [9.17, 15) is 13.2 Å². The molecule has 2 heterocycles. The monoisotopic (exact) mass is 419 g/mol. The van der Waals surface area contributed by atoms with Gasteiger partial charge in [-0.3, -0.25) is 4.79 Å². The molecule has 2 atom stereocenters. The molecule has 1 aromatic carbocycles. The third-order valence-electron chi connectivity index (χ3n) is 4.62. The number of hydrogen-bond donors (Lipinski definition) is 0. The smallest absolute Gasteiger partial charge is 0.254 e. The van der Waals surface area contributed by atoms with Gasteiger partial charge in [0.05, 0.1) is 5.25 Å². The largest absolute Gasteiger partial charge is 0.333 e. The van der Waals surface area contributed by atoms with Crippen molar-refractivity contribution in [1.82, 2.24) is 4.90 Å². The topological polar surface area (TPSA) is 54.5 Å². The Hall–Kier alpha value is -0.630. The van der Waals surface area contributed by atoms with Gasteiger partial charge in [0.15, 0.2) is 0 Å². The minimum Gasteiger partial charge on any atom is -0.333 e. The van der Waals surface area contributed by atoms with Crippen molar-refractivity contribution in [3.05, 3.63) is 33.4 Å². The van der Waals surface area contributed by atoms with Crippen molar-refractivity contribution in [1.29, 1.82) is 0 Å². The average molecular weight is 419 g/mol. The molecule has 2 saturated heterocycles. The highest BCUT2D eigenvalue weighted by Gasteiger charge is 2.45. The van der Waals surface area contributed by atoms with Crippen LogP contribution in [0, 0.1) is 3.57 Å². The maximum atomic E-state index is 12.7. The number of carbonyl (C=O) groups is 1. The normalized spacial score (nSPS) is 28.7. The maximum absolute atomic E-state index is 12.7. The predicted molar refractivity (Wildman–Crippen MR) is 90.0 cm³/mol. The molecule has 2 unspecified atom stereocenters. The summed E-state index contributed by atoms with van der Waals surface area (Å²) in [6.45, 7) is 0. The summed E-state index contributed by atoms with van der Waals surface area (Å²) in [7, 11) is -3.01. The quantitative estimate of drug-likeness (QED) is 0.693. The zero-order chi connectivity index (χ0) is 15.2. The number of benzene rings is 1. The van der Waals surface area contributed by atoms with Gasteiger partial charge in [-0.05, 0) is 72.5 Å². The van der Waals surface area contributed by atoms with E-state index in [1.165, 1.54) is 6.26 Å². The first-order chi connectivity index (χ1) is 9.86. The fourth-order valence-corrected chi connectivity index (χ4v) is 5.05. The number of amides is 1. The minimum absolute atomic E-state index is 0.0471. The Labute approximate surface area is 139 Å². The Bertz CT molecular complexity index is 642. The van der Waals surface area contributed by atoms with E-state index in [0.717, 1.165) is 16.4 Å². The van der Waals surface area contributed by atoms with E-state index >= 15 is 0 Å². The molecule has 0 aromatic heterocycles. The van der Waals surface area contributed by atoms with Crippen molar-refractivity contribution in [2.24, 2.45) is 0 Å². The van der Waals surface area contributed by atoms with Gasteiger partial charge in [-0.25, -0.2) is 8.42 Å². The standard InChI is InChI=1S/C15H18INO3S/c1-21(19,20)14-8-12-6-7-13(9-14)17(12)15(18)10-2-4-11(16)5-3-10/h2-5,12-14H,6-9H2,1H3. The summed E-state index contributed by atoms with van der Waals surface area (Å²) in [4.78, 5) is 14.6. The van der Waals surface area contributed by atoms with Crippen LogP contribution in [-0.2, 0) is 9.84 Å². The van der Waals surface area contributed by atoms with E-state index < -0.39 is 9.84 Å². The Morgan fingerprint density at radius 3 is 2.14 bits per heavy atom. The van der Waals surface area contributed by atoms with Crippen LogP contribution in [-0.4, -0.2) is 42.8 Å². The number of nitrogens with zero attached hydrogens (tertiary/aromatic N) is 1. The SMILES string of the molecule is CS(=O)(=O)C1CC2CCC(C1)N2C(=O)c1ccc(I)cc1. The fourth-order valence-electron chi connectivity index (χ4n) is 3.55. The van der Waals surface area contributed by atoms with E-state index in [1.807, 2.05) is 29.2 Å². The molecule has 2 fully saturated rings. The average Bonchev–Trinajstić information content (AvgIpc) is 2.67. The lowest BCUT2D eigenvalue weighted by atomic mass is 10.0. The number of fused-ring (bicyclic) bond motifs is 2.